The monoisotopic (exact) mass is 702 g/mol. The Bertz CT molecular complexity index is 1210. The highest BCUT2D eigenvalue weighted by molar-refractivity contribution is 6.74. The zero-order valence-corrected chi connectivity index (χ0v) is 33.6. The number of nitrogens with zero attached hydrogens (tertiary/aromatic N) is 1. The van der Waals surface area contributed by atoms with Crippen molar-refractivity contribution >= 4 is 8.32 Å². The summed E-state index contributed by atoms with van der Waals surface area (Å²) < 4.78 is 14.0. The van der Waals surface area contributed by atoms with E-state index in [4.69, 9.17) is 9.16 Å². The molecule has 4 nitrogen and oxygen atoms in total. The molecule has 50 heavy (non-hydrogen) atoms. The normalized spacial score (nSPS) is 14.2. The topological polar surface area (TPSA) is 41.9 Å². The van der Waals surface area contributed by atoms with Crippen LogP contribution in [0.5, 0.6) is 0 Å². The molecule has 5 heteroatoms. The summed E-state index contributed by atoms with van der Waals surface area (Å²) in [5, 5.41) is 11.4. The molecule has 3 atom stereocenters. The summed E-state index contributed by atoms with van der Waals surface area (Å²) in [7, 11) is -2.05. The molecule has 0 aliphatic heterocycles. The molecule has 0 heterocycles. The van der Waals surface area contributed by atoms with Crippen LogP contribution >= 0.6 is 0 Å². The number of rotatable bonds is 26. The second kappa shape index (κ2) is 23.3. The lowest BCUT2D eigenvalue weighted by Gasteiger charge is -2.42. The third kappa shape index (κ3) is 16.4. The Kier molecular flexibility index (Phi) is 19.6. The number of aliphatic hydroxyl groups is 1. The molecule has 3 aromatic rings. The summed E-state index contributed by atoms with van der Waals surface area (Å²) >= 11 is 0. The first kappa shape index (κ1) is 42.1. The lowest BCUT2D eigenvalue weighted by Crippen LogP contribution is -2.51. The molecule has 0 bridgehead atoms. The molecule has 0 aromatic heterocycles. The van der Waals surface area contributed by atoms with Crippen LogP contribution in [0, 0.1) is 0 Å². The van der Waals surface area contributed by atoms with Gasteiger partial charge in [-0.05, 0) is 54.1 Å². The standard InChI is InChI=1S/C45H71NO3Si/c1-7-8-9-10-11-12-13-14-15-25-32-42(47)33-34-44(48-37-41-30-23-18-24-31-41)43(38-49-50(5,6)45(2,3)4)46(35-39-26-19-16-20-27-39)36-40-28-21-17-22-29-40/h16-24,26-31,42-44,47H,7-15,25,32-38H2,1-6H3/t42?,43-,44+/m0/s1. The van der Waals surface area contributed by atoms with Crippen molar-refractivity contribution in [3.63, 3.8) is 0 Å². The number of ether oxygens (including phenoxy) is 1. The van der Waals surface area contributed by atoms with Crippen LogP contribution in [-0.2, 0) is 28.9 Å². The zero-order valence-electron chi connectivity index (χ0n) is 32.6. The van der Waals surface area contributed by atoms with Crippen LogP contribution in [0.15, 0.2) is 91.0 Å². The lowest BCUT2D eigenvalue weighted by molar-refractivity contribution is -0.0546. The zero-order chi connectivity index (χ0) is 36.1. The molecule has 0 fully saturated rings. The predicted molar refractivity (Wildman–Crippen MR) is 216 cm³/mol. The van der Waals surface area contributed by atoms with Gasteiger partial charge < -0.3 is 14.3 Å². The van der Waals surface area contributed by atoms with Crippen LogP contribution in [0.1, 0.15) is 128 Å². The molecule has 278 valence electrons. The van der Waals surface area contributed by atoms with Crippen LogP contribution in [0.25, 0.3) is 0 Å². The molecular formula is C45H71NO3Si. The fourth-order valence-corrected chi connectivity index (χ4v) is 7.44. The molecule has 0 saturated heterocycles. The van der Waals surface area contributed by atoms with Crippen molar-refractivity contribution in [2.75, 3.05) is 6.61 Å². The van der Waals surface area contributed by atoms with Crippen LogP contribution in [-0.4, -0.2) is 43.2 Å². The van der Waals surface area contributed by atoms with E-state index in [2.05, 4.69) is 137 Å². The Morgan fingerprint density at radius 1 is 0.620 bits per heavy atom. The van der Waals surface area contributed by atoms with Gasteiger partial charge in [-0.1, -0.05) is 183 Å². The quantitative estimate of drug-likeness (QED) is 0.0668. The first-order valence-electron chi connectivity index (χ1n) is 19.9. The highest BCUT2D eigenvalue weighted by atomic mass is 28.4. The van der Waals surface area contributed by atoms with Crippen molar-refractivity contribution in [1.82, 2.24) is 4.90 Å². The van der Waals surface area contributed by atoms with E-state index in [1.54, 1.807) is 0 Å². The van der Waals surface area contributed by atoms with Crippen LogP contribution in [0.2, 0.25) is 18.1 Å². The molecule has 1 unspecified atom stereocenters. The fourth-order valence-electron chi connectivity index (χ4n) is 6.42. The van der Waals surface area contributed by atoms with Gasteiger partial charge in [0.05, 0.1) is 31.5 Å². The third-order valence-electron chi connectivity index (χ3n) is 10.8. The summed E-state index contributed by atoms with van der Waals surface area (Å²) in [6.07, 6.45) is 15.1. The Morgan fingerprint density at radius 2 is 1.08 bits per heavy atom. The van der Waals surface area contributed by atoms with Gasteiger partial charge in [-0.3, -0.25) is 4.90 Å². The van der Waals surface area contributed by atoms with E-state index in [1.165, 1.54) is 74.5 Å². The summed E-state index contributed by atoms with van der Waals surface area (Å²) in [6, 6.07) is 32.1. The van der Waals surface area contributed by atoms with Crippen molar-refractivity contribution in [2.24, 2.45) is 0 Å². The minimum absolute atomic E-state index is 0.0118. The first-order chi connectivity index (χ1) is 24.1. The van der Waals surface area contributed by atoms with Gasteiger partial charge in [-0.2, -0.15) is 0 Å². The van der Waals surface area contributed by atoms with Gasteiger partial charge in [0.1, 0.15) is 0 Å². The minimum atomic E-state index is -2.05. The number of hydrogen-bond acceptors (Lipinski definition) is 4. The minimum Gasteiger partial charge on any atom is -0.415 e. The Morgan fingerprint density at radius 3 is 1.56 bits per heavy atom. The fraction of sp³-hybridized carbons (Fsp3) is 0.600. The molecule has 3 aromatic carbocycles. The first-order valence-corrected chi connectivity index (χ1v) is 22.8. The van der Waals surface area contributed by atoms with Crippen molar-refractivity contribution in [3.05, 3.63) is 108 Å². The highest BCUT2D eigenvalue weighted by Crippen LogP contribution is 2.37. The molecule has 1 N–H and O–H groups in total. The van der Waals surface area contributed by atoms with Crippen molar-refractivity contribution in [2.45, 2.75) is 167 Å². The Balaban J connectivity index is 1.78. The van der Waals surface area contributed by atoms with E-state index in [1.807, 2.05) is 0 Å². The van der Waals surface area contributed by atoms with Crippen LogP contribution < -0.4 is 0 Å². The molecule has 0 aliphatic carbocycles. The molecule has 0 spiro atoms. The summed E-state index contributed by atoms with van der Waals surface area (Å²) in [6.45, 7) is 16.7. The number of unbranched alkanes of at least 4 members (excludes halogenated alkanes) is 9. The van der Waals surface area contributed by atoms with Gasteiger partial charge in [-0.15, -0.1) is 0 Å². The highest BCUT2D eigenvalue weighted by Gasteiger charge is 2.39. The van der Waals surface area contributed by atoms with E-state index < -0.39 is 8.32 Å². The van der Waals surface area contributed by atoms with Gasteiger partial charge in [0.2, 0.25) is 0 Å². The van der Waals surface area contributed by atoms with E-state index in [0.29, 0.717) is 13.2 Å². The van der Waals surface area contributed by atoms with E-state index in [9.17, 15) is 5.11 Å². The number of aliphatic hydroxyl groups excluding tert-OH is 1. The van der Waals surface area contributed by atoms with Gasteiger partial charge >= 0.3 is 0 Å². The summed E-state index contributed by atoms with van der Waals surface area (Å²) in [4.78, 5) is 2.57. The van der Waals surface area contributed by atoms with Crippen LogP contribution in [0.3, 0.4) is 0 Å². The number of hydrogen-bond donors (Lipinski definition) is 1. The van der Waals surface area contributed by atoms with Crippen LogP contribution in [0.4, 0.5) is 0 Å². The molecular weight excluding hydrogens is 631 g/mol. The second-order valence-electron chi connectivity index (χ2n) is 16.1. The van der Waals surface area contributed by atoms with Gasteiger partial charge in [0.25, 0.3) is 0 Å². The average Bonchev–Trinajstić information content (AvgIpc) is 3.10. The SMILES string of the molecule is CCCCCCCCCCCCC(O)CC[C@@H](OCc1ccccc1)[C@H](CO[Si](C)(C)C(C)(C)C)N(Cc1ccccc1)Cc1ccccc1. The molecule has 0 radical (unpaired) electrons. The van der Waals surface area contributed by atoms with Gasteiger partial charge in [0.15, 0.2) is 8.32 Å². The largest absolute Gasteiger partial charge is 0.415 e. The Hall–Kier alpha value is -2.28. The molecule has 0 amide bonds. The Labute approximate surface area is 308 Å². The van der Waals surface area contributed by atoms with Crippen molar-refractivity contribution in [3.8, 4) is 0 Å². The predicted octanol–water partition coefficient (Wildman–Crippen LogP) is 12.1. The van der Waals surface area contributed by atoms with Gasteiger partial charge in [-0.25, -0.2) is 0 Å². The van der Waals surface area contributed by atoms with E-state index in [0.717, 1.165) is 38.8 Å². The molecule has 0 aliphatic rings. The molecule has 0 saturated carbocycles. The average molecular weight is 702 g/mol. The maximum atomic E-state index is 11.3. The lowest BCUT2D eigenvalue weighted by atomic mass is 9.98. The van der Waals surface area contributed by atoms with E-state index >= 15 is 0 Å². The van der Waals surface area contributed by atoms with Crippen molar-refractivity contribution in [1.29, 1.82) is 0 Å². The second-order valence-corrected chi connectivity index (χ2v) is 20.9. The van der Waals surface area contributed by atoms with Crippen molar-refractivity contribution < 1.29 is 14.3 Å². The smallest absolute Gasteiger partial charge is 0.192 e. The maximum absolute atomic E-state index is 11.3. The number of benzene rings is 3. The summed E-state index contributed by atoms with van der Waals surface area (Å²) in [5.41, 5.74) is 3.73. The van der Waals surface area contributed by atoms with E-state index in [-0.39, 0.29) is 23.3 Å². The maximum Gasteiger partial charge on any atom is 0.192 e. The molecule has 3 rings (SSSR count). The van der Waals surface area contributed by atoms with Gasteiger partial charge in [0, 0.05) is 13.1 Å². The third-order valence-corrected chi connectivity index (χ3v) is 15.3. The summed E-state index contributed by atoms with van der Waals surface area (Å²) in [5.74, 6) is 0.